The molecule has 2 aliphatic carbocycles. The smallest absolute Gasteiger partial charge is 0.317 e. The second kappa shape index (κ2) is 9.43. The van der Waals surface area contributed by atoms with E-state index in [9.17, 15) is 9.59 Å². The molecule has 25 heavy (non-hydrogen) atoms. The van der Waals surface area contributed by atoms with Gasteiger partial charge in [-0.3, -0.25) is 9.59 Å². The third-order valence-electron chi connectivity index (χ3n) is 6.52. The Morgan fingerprint density at radius 2 is 1.44 bits per heavy atom. The van der Waals surface area contributed by atoms with E-state index in [4.69, 9.17) is 4.74 Å². The fraction of sp³-hybridized carbons (Fsp3) is 0.905. The lowest BCUT2D eigenvalue weighted by Gasteiger charge is -2.27. The van der Waals surface area contributed by atoms with E-state index in [-0.39, 0.29) is 23.8 Å². The molecule has 3 aliphatic rings. The molecule has 0 aromatic carbocycles. The molecule has 2 saturated carbocycles. The highest BCUT2D eigenvalue weighted by atomic mass is 32.2. The molecule has 0 radical (unpaired) electrons. The summed E-state index contributed by atoms with van der Waals surface area (Å²) in [6.45, 7) is 2.27. The number of carbonyl (C=O) groups is 2. The molecule has 142 valence electrons. The standard InChI is InChI=1S/C21H34O3S/c1-2-3-4-5-6-7-8-9-10-11-12-25-17-14-15-13-16(17)19-18(15)20(22)24-21(19)23/h15-19H,2-14H2,1H3. The zero-order chi connectivity index (χ0) is 17.6. The van der Waals surface area contributed by atoms with Crippen molar-refractivity contribution in [3.8, 4) is 0 Å². The van der Waals surface area contributed by atoms with Crippen molar-refractivity contribution < 1.29 is 14.3 Å². The average Bonchev–Trinajstić information content (AvgIpc) is 3.25. The summed E-state index contributed by atoms with van der Waals surface area (Å²) in [6.07, 6.45) is 16.0. The Morgan fingerprint density at radius 1 is 0.840 bits per heavy atom. The minimum absolute atomic E-state index is 0.0910. The Balaban J connectivity index is 1.22. The van der Waals surface area contributed by atoms with Crippen LogP contribution in [0.15, 0.2) is 0 Å². The minimum Gasteiger partial charge on any atom is -0.393 e. The van der Waals surface area contributed by atoms with Gasteiger partial charge in [-0.1, -0.05) is 64.7 Å². The van der Waals surface area contributed by atoms with Crippen LogP contribution in [0.5, 0.6) is 0 Å². The van der Waals surface area contributed by atoms with Crippen LogP contribution >= 0.6 is 11.8 Å². The minimum atomic E-state index is -0.236. The topological polar surface area (TPSA) is 43.4 Å². The Hall–Kier alpha value is -0.510. The molecule has 4 heteroatoms. The lowest BCUT2D eigenvalue weighted by Crippen LogP contribution is -2.31. The first-order valence-electron chi connectivity index (χ1n) is 10.6. The summed E-state index contributed by atoms with van der Waals surface area (Å²) in [4.78, 5) is 23.7. The van der Waals surface area contributed by atoms with Crippen molar-refractivity contribution in [1.29, 1.82) is 0 Å². The molecule has 5 atom stereocenters. The molecule has 0 amide bonds. The Labute approximate surface area is 157 Å². The Morgan fingerprint density at radius 3 is 2.12 bits per heavy atom. The van der Waals surface area contributed by atoms with Gasteiger partial charge in [0, 0.05) is 5.25 Å². The molecule has 0 N–H and O–H groups in total. The fourth-order valence-corrected chi connectivity index (χ4v) is 6.80. The van der Waals surface area contributed by atoms with Gasteiger partial charge in [-0.05, 0) is 36.9 Å². The van der Waals surface area contributed by atoms with Gasteiger partial charge in [0.05, 0.1) is 11.8 Å². The van der Waals surface area contributed by atoms with Crippen molar-refractivity contribution in [2.45, 2.75) is 89.2 Å². The predicted octanol–water partition coefficient (Wildman–Crippen LogP) is 5.36. The summed E-state index contributed by atoms with van der Waals surface area (Å²) in [6, 6.07) is 0. The maximum atomic E-state index is 11.9. The molecule has 2 bridgehead atoms. The van der Waals surface area contributed by atoms with Crippen molar-refractivity contribution in [3.63, 3.8) is 0 Å². The highest BCUT2D eigenvalue weighted by Crippen LogP contribution is 2.58. The molecular weight excluding hydrogens is 332 g/mol. The van der Waals surface area contributed by atoms with Gasteiger partial charge in [0.2, 0.25) is 0 Å². The van der Waals surface area contributed by atoms with E-state index < -0.39 is 0 Å². The van der Waals surface area contributed by atoms with E-state index in [1.54, 1.807) is 0 Å². The van der Waals surface area contributed by atoms with Gasteiger partial charge >= 0.3 is 11.9 Å². The van der Waals surface area contributed by atoms with Gasteiger partial charge in [-0.25, -0.2) is 0 Å². The van der Waals surface area contributed by atoms with Crippen LogP contribution in [0.4, 0.5) is 0 Å². The number of carbonyl (C=O) groups excluding carboxylic acids is 2. The molecular formula is C21H34O3S. The number of esters is 2. The van der Waals surface area contributed by atoms with Gasteiger partial charge in [0.25, 0.3) is 0 Å². The van der Waals surface area contributed by atoms with Gasteiger partial charge in [-0.2, -0.15) is 11.8 Å². The third-order valence-corrected chi connectivity index (χ3v) is 8.01. The normalized spacial score (nSPS) is 33.1. The third kappa shape index (κ3) is 4.61. The molecule has 3 rings (SSSR count). The van der Waals surface area contributed by atoms with E-state index >= 15 is 0 Å². The molecule has 1 heterocycles. The van der Waals surface area contributed by atoms with Crippen LogP contribution in [0.3, 0.4) is 0 Å². The molecule has 0 aromatic heterocycles. The lowest BCUT2D eigenvalue weighted by molar-refractivity contribution is -0.154. The number of ether oxygens (including phenoxy) is 1. The molecule has 5 unspecified atom stereocenters. The second-order valence-corrected chi connectivity index (χ2v) is 9.63. The molecule has 0 aromatic rings. The zero-order valence-corrected chi connectivity index (χ0v) is 16.5. The Bertz CT molecular complexity index is 464. The van der Waals surface area contributed by atoms with Crippen molar-refractivity contribution >= 4 is 23.7 Å². The monoisotopic (exact) mass is 366 g/mol. The van der Waals surface area contributed by atoms with Crippen molar-refractivity contribution in [2.75, 3.05) is 5.75 Å². The van der Waals surface area contributed by atoms with Crippen molar-refractivity contribution in [3.05, 3.63) is 0 Å². The molecule has 1 aliphatic heterocycles. The van der Waals surface area contributed by atoms with E-state index in [2.05, 4.69) is 18.7 Å². The maximum Gasteiger partial charge on any atom is 0.317 e. The maximum absolute atomic E-state index is 11.9. The number of fused-ring (bicyclic) bond motifs is 5. The van der Waals surface area contributed by atoms with E-state index in [1.807, 2.05) is 0 Å². The van der Waals surface area contributed by atoms with Crippen LogP contribution in [0.1, 0.15) is 84.0 Å². The SMILES string of the molecule is CCCCCCCCCCCCSC1CC2CC1C1C(=O)OC(=O)C21. The highest BCUT2D eigenvalue weighted by Gasteiger charge is 2.62. The van der Waals surface area contributed by atoms with Crippen molar-refractivity contribution in [2.24, 2.45) is 23.7 Å². The van der Waals surface area contributed by atoms with E-state index in [0.717, 1.165) is 12.8 Å². The first-order chi connectivity index (χ1) is 12.2. The molecule has 0 spiro atoms. The number of hydrogen-bond donors (Lipinski definition) is 0. The van der Waals surface area contributed by atoms with Crippen LogP contribution in [-0.2, 0) is 14.3 Å². The van der Waals surface area contributed by atoms with E-state index in [1.165, 1.54) is 70.0 Å². The first-order valence-corrected chi connectivity index (χ1v) is 11.6. The molecule has 3 nitrogen and oxygen atoms in total. The van der Waals surface area contributed by atoms with Gasteiger partial charge < -0.3 is 4.74 Å². The summed E-state index contributed by atoms with van der Waals surface area (Å²) in [5, 5.41) is 0.586. The molecule has 1 saturated heterocycles. The largest absolute Gasteiger partial charge is 0.393 e. The van der Waals surface area contributed by atoms with Crippen LogP contribution in [0.2, 0.25) is 0 Å². The summed E-state index contributed by atoms with van der Waals surface area (Å²) in [5.41, 5.74) is 0. The number of cyclic esters (lactones) is 2. The highest BCUT2D eigenvalue weighted by molar-refractivity contribution is 7.99. The van der Waals surface area contributed by atoms with E-state index in [0.29, 0.717) is 17.1 Å². The summed E-state index contributed by atoms with van der Waals surface area (Å²) >= 11 is 2.06. The lowest BCUT2D eigenvalue weighted by atomic mass is 9.81. The first kappa shape index (κ1) is 19.3. The number of hydrogen-bond acceptors (Lipinski definition) is 4. The average molecular weight is 367 g/mol. The Kier molecular flexibility index (Phi) is 7.27. The van der Waals surface area contributed by atoms with Gasteiger partial charge in [-0.15, -0.1) is 0 Å². The van der Waals surface area contributed by atoms with Crippen LogP contribution in [-0.4, -0.2) is 22.9 Å². The fourth-order valence-electron chi connectivity index (χ4n) is 5.21. The summed E-state index contributed by atoms with van der Waals surface area (Å²) in [5.74, 6) is 1.38. The predicted molar refractivity (Wildman–Crippen MR) is 102 cm³/mol. The number of thioether (sulfide) groups is 1. The molecule has 3 fully saturated rings. The van der Waals surface area contributed by atoms with Crippen LogP contribution < -0.4 is 0 Å². The zero-order valence-electron chi connectivity index (χ0n) is 15.7. The van der Waals surface area contributed by atoms with Gasteiger partial charge in [0.1, 0.15) is 0 Å². The van der Waals surface area contributed by atoms with Crippen molar-refractivity contribution in [1.82, 2.24) is 0 Å². The second-order valence-electron chi connectivity index (χ2n) is 8.28. The number of unbranched alkanes of at least 4 members (excludes halogenated alkanes) is 9. The van der Waals surface area contributed by atoms with Crippen LogP contribution in [0, 0.1) is 23.7 Å². The summed E-state index contributed by atoms with van der Waals surface area (Å²) < 4.78 is 4.88. The van der Waals surface area contributed by atoms with Gasteiger partial charge in [0.15, 0.2) is 0 Å². The summed E-state index contributed by atoms with van der Waals surface area (Å²) in [7, 11) is 0. The quantitative estimate of drug-likeness (QED) is 0.265. The van der Waals surface area contributed by atoms with Crippen LogP contribution in [0.25, 0.3) is 0 Å². The number of rotatable bonds is 12.